The molecule has 102 valence electrons. The van der Waals surface area contributed by atoms with Gasteiger partial charge in [0.1, 0.15) is 0 Å². The molecule has 18 heavy (non-hydrogen) atoms. The highest BCUT2D eigenvalue weighted by Gasteiger charge is 2.19. The molecule has 1 rings (SSSR count). The summed E-state index contributed by atoms with van der Waals surface area (Å²) in [5.41, 5.74) is 0.872. The fraction of sp³-hybridized carbons (Fsp3) is 0.571. The van der Waals surface area contributed by atoms with Crippen LogP contribution in [0.3, 0.4) is 0 Å². The van der Waals surface area contributed by atoms with Crippen molar-refractivity contribution in [1.82, 2.24) is 0 Å². The Bertz CT molecular complexity index is 380. The molecule has 0 atom stereocenters. The van der Waals surface area contributed by atoms with Crippen LogP contribution in [0.25, 0.3) is 0 Å². The molecule has 0 fully saturated rings. The molecule has 0 bridgehead atoms. The molecule has 0 amide bonds. The van der Waals surface area contributed by atoms with E-state index in [1.807, 2.05) is 0 Å². The monoisotopic (exact) mass is 272 g/mol. The molecule has 0 aliphatic heterocycles. The number of hydrogen-bond donors (Lipinski definition) is 0. The van der Waals surface area contributed by atoms with Crippen LogP contribution in [0.15, 0.2) is 18.2 Å². The van der Waals surface area contributed by atoms with Gasteiger partial charge in [-0.3, -0.25) is 0 Å². The molecule has 0 radical (unpaired) electrons. The largest absolute Gasteiger partial charge is 0.420 e. The van der Waals surface area contributed by atoms with E-state index in [9.17, 15) is 8.78 Å². The summed E-state index contributed by atoms with van der Waals surface area (Å²) in [5, 5.41) is 0. The van der Waals surface area contributed by atoms with Crippen molar-refractivity contribution in [3.63, 3.8) is 0 Å². The Hall–Kier alpha value is -0.743. The lowest BCUT2D eigenvalue weighted by atomic mass is 10.1. The SMILES string of the molecule is CO[Si](C)(C)CCCCCc1ccc(F)c(F)c1. The molecular weight excluding hydrogens is 250 g/mol. The molecule has 0 aromatic heterocycles. The fourth-order valence-electron chi connectivity index (χ4n) is 1.85. The maximum absolute atomic E-state index is 13.0. The second kappa shape index (κ2) is 7.00. The Labute approximate surface area is 109 Å². The lowest BCUT2D eigenvalue weighted by Gasteiger charge is -2.19. The highest BCUT2D eigenvalue weighted by Crippen LogP contribution is 2.17. The van der Waals surface area contributed by atoms with E-state index >= 15 is 0 Å². The van der Waals surface area contributed by atoms with Gasteiger partial charge in [-0.2, -0.15) is 0 Å². The predicted molar refractivity (Wildman–Crippen MR) is 73.2 cm³/mol. The van der Waals surface area contributed by atoms with Crippen molar-refractivity contribution in [2.75, 3.05) is 7.11 Å². The maximum Gasteiger partial charge on any atom is 0.186 e. The Morgan fingerprint density at radius 2 is 1.78 bits per heavy atom. The minimum Gasteiger partial charge on any atom is -0.420 e. The first-order valence-electron chi connectivity index (χ1n) is 6.44. The summed E-state index contributed by atoms with van der Waals surface area (Å²) < 4.78 is 31.2. The molecule has 1 aromatic rings. The Balaban J connectivity index is 2.24. The highest BCUT2D eigenvalue weighted by molar-refractivity contribution is 6.71. The second-order valence-electron chi connectivity index (χ2n) is 5.27. The van der Waals surface area contributed by atoms with Gasteiger partial charge >= 0.3 is 0 Å². The van der Waals surface area contributed by atoms with Crippen LogP contribution in [0.5, 0.6) is 0 Å². The van der Waals surface area contributed by atoms with E-state index in [4.69, 9.17) is 4.43 Å². The summed E-state index contributed by atoms with van der Waals surface area (Å²) in [6.45, 7) is 4.42. The molecule has 1 aromatic carbocycles. The van der Waals surface area contributed by atoms with Gasteiger partial charge in [0, 0.05) is 7.11 Å². The number of hydrogen-bond acceptors (Lipinski definition) is 1. The van der Waals surface area contributed by atoms with Gasteiger partial charge in [-0.25, -0.2) is 8.78 Å². The number of rotatable bonds is 7. The standard InChI is InChI=1S/C14H22F2OSi/c1-17-18(2,3)10-6-4-5-7-12-8-9-13(15)14(16)11-12/h8-9,11H,4-7,10H2,1-3H3. The molecule has 0 aliphatic rings. The van der Waals surface area contributed by atoms with E-state index in [1.54, 1.807) is 13.2 Å². The Kier molecular flexibility index (Phi) is 5.95. The van der Waals surface area contributed by atoms with Gasteiger partial charge in [0.15, 0.2) is 20.0 Å². The van der Waals surface area contributed by atoms with Crippen LogP contribution in [-0.4, -0.2) is 15.4 Å². The minimum absolute atomic E-state index is 0.750. The third-order valence-electron chi connectivity index (χ3n) is 3.28. The molecule has 0 N–H and O–H groups in total. The number of unbranched alkanes of at least 4 members (excludes halogenated alkanes) is 2. The van der Waals surface area contributed by atoms with Crippen LogP contribution < -0.4 is 0 Å². The van der Waals surface area contributed by atoms with Crippen LogP contribution in [0.4, 0.5) is 8.78 Å². The van der Waals surface area contributed by atoms with Gasteiger partial charge in [0.25, 0.3) is 0 Å². The van der Waals surface area contributed by atoms with Gasteiger partial charge in [0.05, 0.1) is 0 Å². The van der Waals surface area contributed by atoms with Gasteiger partial charge < -0.3 is 4.43 Å². The van der Waals surface area contributed by atoms with Crippen molar-refractivity contribution in [3.05, 3.63) is 35.4 Å². The molecular formula is C14H22F2OSi. The van der Waals surface area contributed by atoms with E-state index in [-0.39, 0.29) is 0 Å². The zero-order chi connectivity index (χ0) is 13.6. The minimum atomic E-state index is -1.43. The molecule has 0 saturated heterocycles. The number of aryl methyl sites for hydroxylation is 1. The van der Waals surface area contributed by atoms with E-state index in [2.05, 4.69) is 13.1 Å². The van der Waals surface area contributed by atoms with E-state index in [0.717, 1.165) is 37.3 Å². The summed E-state index contributed by atoms with van der Waals surface area (Å²) >= 11 is 0. The van der Waals surface area contributed by atoms with Crippen LogP contribution in [0, 0.1) is 11.6 Å². The first-order valence-corrected chi connectivity index (χ1v) is 9.55. The maximum atomic E-state index is 13.0. The molecule has 0 spiro atoms. The molecule has 0 saturated carbocycles. The fourth-order valence-corrected chi connectivity index (χ4v) is 3.16. The topological polar surface area (TPSA) is 9.23 Å². The molecule has 0 unspecified atom stereocenters. The van der Waals surface area contributed by atoms with Crippen molar-refractivity contribution in [3.8, 4) is 0 Å². The van der Waals surface area contributed by atoms with Crippen LogP contribution in [0.1, 0.15) is 24.8 Å². The lowest BCUT2D eigenvalue weighted by molar-refractivity contribution is 0.401. The van der Waals surface area contributed by atoms with E-state index in [0.29, 0.717) is 0 Å². The average molecular weight is 272 g/mol. The summed E-state index contributed by atoms with van der Waals surface area (Å²) in [7, 11) is 0.353. The van der Waals surface area contributed by atoms with Gasteiger partial charge in [-0.15, -0.1) is 0 Å². The number of benzene rings is 1. The second-order valence-corrected chi connectivity index (χ2v) is 9.70. The Morgan fingerprint density at radius 3 is 2.39 bits per heavy atom. The lowest BCUT2D eigenvalue weighted by Crippen LogP contribution is -2.27. The normalized spacial score (nSPS) is 11.8. The smallest absolute Gasteiger partial charge is 0.186 e. The summed E-state index contributed by atoms with van der Waals surface area (Å²) in [6, 6.07) is 5.31. The first-order chi connectivity index (χ1) is 8.44. The zero-order valence-electron chi connectivity index (χ0n) is 11.4. The third kappa shape index (κ3) is 5.27. The summed E-state index contributed by atoms with van der Waals surface area (Å²) in [4.78, 5) is 0. The van der Waals surface area contributed by atoms with Crippen molar-refractivity contribution in [2.24, 2.45) is 0 Å². The third-order valence-corrected chi connectivity index (χ3v) is 5.94. The van der Waals surface area contributed by atoms with Crippen molar-refractivity contribution in [2.45, 2.75) is 44.8 Å². The molecule has 0 aliphatic carbocycles. The van der Waals surface area contributed by atoms with Crippen LogP contribution in [-0.2, 0) is 10.8 Å². The summed E-state index contributed by atoms with van der Waals surface area (Å²) in [6.07, 6.45) is 4.08. The van der Waals surface area contributed by atoms with Crippen molar-refractivity contribution < 1.29 is 13.2 Å². The average Bonchev–Trinajstić information content (AvgIpc) is 2.33. The predicted octanol–water partition coefficient (Wildman–Crippen LogP) is 4.53. The van der Waals surface area contributed by atoms with Crippen molar-refractivity contribution >= 4 is 8.32 Å². The number of halogens is 2. The quantitative estimate of drug-likeness (QED) is 0.523. The highest BCUT2D eigenvalue weighted by atomic mass is 28.4. The van der Waals surface area contributed by atoms with Crippen LogP contribution >= 0.6 is 0 Å². The molecule has 4 heteroatoms. The zero-order valence-corrected chi connectivity index (χ0v) is 12.4. The van der Waals surface area contributed by atoms with E-state index in [1.165, 1.54) is 12.1 Å². The Morgan fingerprint density at radius 1 is 1.06 bits per heavy atom. The van der Waals surface area contributed by atoms with E-state index < -0.39 is 20.0 Å². The van der Waals surface area contributed by atoms with Crippen molar-refractivity contribution in [1.29, 1.82) is 0 Å². The van der Waals surface area contributed by atoms with Crippen LogP contribution in [0.2, 0.25) is 19.1 Å². The first kappa shape index (κ1) is 15.3. The van der Waals surface area contributed by atoms with Gasteiger partial charge in [-0.05, 0) is 49.7 Å². The van der Waals surface area contributed by atoms with Gasteiger partial charge in [0.2, 0.25) is 0 Å². The molecule has 1 nitrogen and oxygen atoms in total. The van der Waals surface area contributed by atoms with Gasteiger partial charge in [-0.1, -0.05) is 18.9 Å². The molecule has 0 heterocycles. The summed E-state index contributed by atoms with van der Waals surface area (Å²) in [5.74, 6) is -1.52.